The summed E-state index contributed by atoms with van der Waals surface area (Å²) >= 11 is 1.26. The van der Waals surface area contributed by atoms with Gasteiger partial charge in [0.25, 0.3) is 5.91 Å². The maximum Gasteiger partial charge on any atom is 0.275 e. The number of benzene rings is 1. The summed E-state index contributed by atoms with van der Waals surface area (Å²) in [5, 5.41) is 0. The van der Waals surface area contributed by atoms with Crippen LogP contribution < -0.4 is 16.0 Å². The minimum atomic E-state index is -0.766. The van der Waals surface area contributed by atoms with Gasteiger partial charge in [-0.25, -0.2) is 14.6 Å². The standard InChI is InChI=1S/C13H12F2N2O2S/c1-7-8(4-12(20-7)13(18)17-16)6-19-11-3-2-9(14)5-10(11)15/h2-5H,6,16H2,1H3,(H,17,18). The van der Waals surface area contributed by atoms with E-state index in [2.05, 4.69) is 0 Å². The molecule has 0 aliphatic rings. The normalized spacial score (nSPS) is 10.4. The molecule has 3 N–H and O–H groups in total. The summed E-state index contributed by atoms with van der Waals surface area (Å²) in [5.41, 5.74) is 2.79. The van der Waals surface area contributed by atoms with E-state index in [1.807, 2.05) is 12.3 Å². The molecule has 0 bridgehead atoms. The van der Waals surface area contributed by atoms with Crippen molar-refractivity contribution in [2.45, 2.75) is 13.5 Å². The maximum absolute atomic E-state index is 13.4. The van der Waals surface area contributed by atoms with Crippen LogP contribution in [0, 0.1) is 18.6 Å². The molecule has 0 unspecified atom stereocenters. The molecule has 0 fully saturated rings. The fourth-order valence-electron chi connectivity index (χ4n) is 1.59. The van der Waals surface area contributed by atoms with E-state index >= 15 is 0 Å². The van der Waals surface area contributed by atoms with Crippen LogP contribution in [0.1, 0.15) is 20.1 Å². The lowest BCUT2D eigenvalue weighted by Gasteiger charge is -2.06. The summed E-state index contributed by atoms with van der Waals surface area (Å²) in [7, 11) is 0. The van der Waals surface area contributed by atoms with Gasteiger partial charge in [-0.15, -0.1) is 11.3 Å². The largest absolute Gasteiger partial charge is 0.486 e. The second-order valence-corrected chi connectivity index (χ2v) is 5.29. The number of hydrogen-bond acceptors (Lipinski definition) is 4. The predicted molar refractivity (Wildman–Crippen MR) is 71.4 cm³/mol. The van der Waals surface area contributed by atoms with Crippen molar-refractivity contribution in [2.24, 2.45) is 5.84 Å². The third-order valence-electron chi connectivity index (χ3n) is 2.65. The summed E-state index contributed by atoms with van der Waals surface area (Å²) in [5.74, 6) is 3.19. The van der Waals surface area contributed by atoms with Gasteiger partial charge in [0.2, 0.25) is 0 Å². The number of rotatable bonds is 4. The Kier molecular flexibility index (Phi) is 4.31. The van der Waals surface area contributed by atoms with E-state index in [1.54, 1.807) is 6.07 Å². The van der Waals surface area contributed by atoms with E-state index < -0.39 is 17.5 Å². The minimum Gasteiger partial charge on any atom is -0.486 e. The molecule has 7 heteroatoms. The van der Waals surface area contributed by atoms with E-state index in [0.29, 0.717) is 4.88 Å². The van der Waals surface area contributed by atoms with Gasteiger partial charge in [-0.1, -0.05) is 0 Å². The lowest BCUT2D eigenvalue weighted by molar-refractivity contribution is 0.0957. The first-order valence-electron chi connectivity index (χ1n) is 5.69. The van der Waals surface area contributed by atoms with E-state index in [9.17, 15) is 13.6 Å². The highest BCUT2D eigenvalue weighted by molar-refractivity contribution is 7.14. The topological polar surface area (TPSA) is 64.4 Å². The Morgan fingerprint density at radius 1 is 1.40 bits per heavy atom. The Hall–Kier alpha value is -1.99. The van der Waals surface area contributed by atoms with Crippen molar-refractivity contribution in [2.75, 3.05) is 0 Å². The van der Waals surface area contributed by atoms with Gasteiger partial charge in [0.1, 0.15) is 12.4 Å². The monoisotopic (exact) mass is 298 g/mol. The van der Waals surface area contributed by atoms with Crippen molar-refractivity contribution in [3.05, 3.63) is 51.2 Å². The molecule has 0 aliphatic carbocycles. The molecule has 1 aromatic heterocycles. The van der Waals surface area contributed by atoms with Crippen molar-refractivity contribution in [3.63, 3.8) is 0 Å². The first-order chi connectivity index (χ1) is 9.51. The van der Waals surface area contributed by atoms with E-state index in [0.717, 1.165) is 22.6 Å². The van der Waals surface area contributed by atoms with Crippen LogP contribution in [-0.2, 0) is 6.61 Å². The van der Waals surface area contributed by atoms with E-state index in [1.165, 1.54) is 17.4 Å². The smallest absolute Gasteiger partial charge is 0.275 e. The zero-order chi connectivity index (χ0) is 14.7. The Balaban J connectivity index is 2.11. The molecule has 20 heavy (non-hydrogen) atoms. The molecule has 1 amide bonds. The van der Waals surface area contributed by atoms with Crippen LogP contribution in [0.2, 0.25) is 0 Å². The number of halogens is 2. The van der Waals surface area contributed by atoms with E-state index in [-0.39, 0.29) is 12.4 Å². The maximum atomic E-state index is 13.4. The Morgan fingerprint density at radius 3 is 2.80 bits per heavy atom. The minimum absolute atomic E-state index is 0.0400. The molecular formula is C13H12F2N2O2S. The summed E-state index contributed by atoms with van der Waals surface area (Å²) in [6.07, 6.45) is 0. The molecule has 1 aromatic carbocycles. The Bertz CT molecular complexity index is 643. The third kappa shape index (κ3) is 3.12. The number of nitrogens with two attached hydrogens (primary N) is 1. The molecule has 0 saturated heterocycles. The highest BCUT2D eigenvalue weighted by atomic mass is 32.1. The van der Waals surface area contributed by atoms with E-state index in [4.69, 9.17) is 10.6 Å². The van der Waals surface area contributed by atoms with Crippen LogP contribution in [0.25, 0.3) is 0 Å². The van der Waals surface area contributed by atoms with Crippen molar-refractivity contribution >= 4 is 17.2 Å². The van der Waals surface area contributed by atoms with Gasteiger partial charge in [0.05, 0.1) is 4.88 Å². The lowest BCUT2D eigenvalue weighted by Crippen LogP contribution is -2.29. The fraction of sp³-hybridized carbons (Fsp3) is 0.154. The first-order valence-corrected chi connectivity index (χ1v) is 6.51. The van der Waals surface area contributed by atoms with Crippen LogP contribution in [-0.4, -0.2) is 5.91 Å². The number of hydrazine groups is 1. The van der Waals surface area contributed by atoms with Crippen LogP contribution in [0.3, 0.4) is 0 Å². The first kappa shape index (κ1) is 14.4. The second-order valence-electron chi connectivity index (χ2n) is 4.03. The zero-order valence-electron chi connectivity index (χ0n) is 10.6. The fourth-order valence-corrected chi connectivity index (χ4v) is 2.53. The zero-order valence-corrected chi connectivity index (χ0v) is 11.4. The molecule has 106 valence electrons. The van der Waals surface area contributed by atoms with Gasteiger partial charge in [0, 0.05) is 16.5 Å². The number of aryl methyl sites for hydroxylation is 1. The number of ether oxygens (including phenoxy) is 1. The number of nitrogens with one attached hydrogen (secondary N) is 1. The van der Waals surface area contributed by atoms with Crippen molar-refractivity contribution in [3.8, 4) is 5.75 Å². The number of hydrogen-bond donors (Lipinski definition) is 2. The summed E-state index contributed by atoms with van der Waals surface area (Å²) in [6, 6.07) is 4.72. The molecule has 0 saturated carbocycles. The van der Waals surface area contributed by atoms with Crippen molar-refractivity contribution in [1.82, 2.24) is 5.43 Å². The highest BCUT2D eigenvalue weighted by Gasteiger charge is 2.12. The lowest BCUT2D eigenvalue weighted by atomic mass is 10.2. The predicted octanol–water partition coefficient (Wildman–Crippen LogP) is 2.52. The highest BCUT2D eigenvalue weighted by Crippen LogP contribution is 2.24. The summed E-state index contributed by atoms with van der Waals surface area (Å²) in [4.78, 5) is 12.7. The number of carbonyl (C=O) groups excluding carboxylic acids is 1. The SMILES string of the molecule is Cc1sc(C(=O)NN)cc1COc1ccc(F)cc1F. The van der Waals surface area contributed by atoms with Gasteiger partial charge in [-0.05, 0) is 25.1 Å². The van der Waals surface area contributed by atoms with Crippen LogP contribution in [0.4, 0.5) is 8.78 Å². The molecular weight excluding hydrogens is 286 g/mol. The van der Waals surface area contributed by atoms with Crippen LogP contribution in [0.5, 0.6) is 5.75 Å². The average molecular weight is 298 g/mol. The third-order valence-corrected chi connectivity index (χ3v) is 3.74. The molecule has 2 rings (SSSR count). The number of amides is 1. The van der Waals surface area contributed by atoms with Crippen LogP contribution >= 0.6 is 11.3 Å². The van der Waals surface area contributed by atoms with Gasteiger partial charge in [-0.3, -0.25) is 10.2 Å². The molecule has 0 atom stereocenters. The van der Waals surface area contributed by atoms with Crippen LogP contribution in [0.15, 0.2) is 24.3 Å². The molecule has 4 nitrogen and oxygen atoms in total. The Morgan fingerprint density at radius 2 is 2.15 bits per heavy atom. The van der Waals surface area contributed by atoms with Crippen molar-refractivity contribution < 1.29 is 18.3 Å². The average Bonchev–Trinajstić information content (AvgIpc) is 2.78. The van der Waals surface area contributed by atoms with Gasteiger partial charge in [0.15, 0.2) is 11.6 Å². The number of carbonyl (C=O) groups is 1. The molecule has 0 aliphatic heterocycles. The second kappa shape index (κ2) is 5.98. The summed E-state index contributed by atoms with van der Waals surface area (Å²) < 4.78 is 31.4. The van der Waals surface area contributed by atoms with Gasteiger partial charge >= 0.3 is 0 Å². The molecule has 2 aromatic rings. The molecule has 0 spiro atoms. The van der Waals surface area contributed by atoms with Gasteiger partial charge < -0.3 is 4.74 Å². The van der Waals surface area contributed by atoms with Gasteiger partial charge in [-0.2, -0.15) is 0 Å². The Labute approximate surface area is 118 Å². The van der Waals surface area contributed by atoms with Crippen molar-refractivity contribution in [1.29, 1.82) is 0 Å². The quantitative estimate of drug-likeness (QED) is 0.518. The number of nitrogen functional groups attached to an aromatic ring is 1. The number of thiophene rings is 1. The summed E-state index contributed by atoms with van der Waals surface area (Å²) in [6.45, 7) is 1.90. The molecule has 0 radical (unpaired) electrons. The molecule has 1 heterocycles.